The van der Waals surface area contributed by atoms with Gasteiger partial charge in [0, 0.05) is 40.9 Å². The van der Waals surface area contributed by atoms with Crippen molar-refractivity contribution in [2.75, 3.05) is 13.7 Å². The number of ether oxygens (including phenoxy) is 2. The minimum Gasteiger partial charge on any atom is -0.492 e. The number of esters is 1. The Morgan fingerprint density at radius 1 is 1.07 bits per heavy atom. The zero-order chi connectivity index (χ0) is 30.8. The zero-order valence-corrected chi connectivity index (χ0v) is 24.8. The van der Waals surface area contributed by atoms with E-state index in [9.17, 15) is 14.4 Å². The molecule has 0 saturated carbocycles. The zero-order valence-electron chi connectivity index (χ0n) is 24.8. The molecule has 1 aliphatic heterocycles. The van der Waals surface area contributed by atoms with Crippen LogP contribution in [0.3, 0.4) is 0 Å². The molecule has 0 atom stereocenters. The number of nitrogens with zero attached hydrogens (tertiary/aromatic N) is 3. The van der Waals surface area contributed by atoms with Gasteiger partial charge >= 0.3 is 11.7 Å². The van der Waals surface area contributed by atoms with E-state index in [1.54, 1.807) is 6.07 Å². The van der Waals surface area contributed by atoms with Crippen LogP contribution in [0.2, 0.25) is 0 Å². The lowest BCUT2D eigenvalue weighted by molar-refractivity contribution is 0.0597. The largest absolute Gasteiger partial charge is 0.492 e. The van der Waals surface area contributed by atoms with E-state index < -0.39 is 11.7 Å². The molecule has 44 heavy (non-hydrogen) atoms. The number of H-pyrrole nitrogens is 1. The molecule has 0 spiro atoms. The molecule has 3 heterocycles. The van der Waals surface area contributed by atoms with Gasteiger partial charge in [0.1, 0.15) is 17.1 Å². The fourth-order valence-electron chi connectivity index (χ4n) is 5.82. The van der Waals surface area contributed by atoms with E-state index in [1.807, 2.05) is 66.1 Å². The van der Waals surface area contributed by atoms with Crippen molar-refractivity contribution in [2.45, 2.75) is 46.0 Å². The van der Waals surface area contributed by atoms with Crippen LogP contribution < -0.4 is 16.1 Å². The molecular weight excluding hydrogens is 560 g/mol. The smallest absolute Gasteiger partial charge is 0.439 e. The summed E-state index contributed by atoms with van der Waals surface area (Å²) < 4.78 is 17.5. The van der Waals surface area contributed by atoms with E-state index >= 15 is 0 Å². The lowest BCUT2D eigenvalue weighted by Crippen LogP contribution is -2.25. The highest BCUT2D eigenvalue weighted by molar-refractivity contribution is 5.94. The van der Waals surface area contributed by atoms with Gasteiger partial charge in [-0.3, -0.25) is 14.3 Å². The van der Waals surface area contributed by atoms with Crippen molar-refractivity contribution in [1.82, 2.24) is 19.7 Å². The molecule has 224 valence electrons. The number of carbonyl (C=O) groups excluding carboxylic acids is 1. The number of benzene rings is 3. The predicted molar refractivity (Wildman–Crippen MR) is 165 cm³/mol. The standard InChI is InChI=1S/C34H32N4O6/c1-4-5-10-29-27(17-21-11-13-22(14-12-21)25-8-6-7-9-26(25)31-36-34(41)44-37-31)32(39)35-20(2)38(29)24-18-23-15-16-43-30(23)28(19-24)33(40)42-3/h6-9,11-14,18-19H,4-5,10,15-17H2,1-3H3,(H,36,37,41). The molecule has 0 amide bonds. The SMILES string of the molecule is CCCCc1c(Cc2ccc(-c3ccccc3-c3noc(=O)[nH]3)cc2)c(=O)nc(C)n1-c1cc2c(c(C(=O)OC)c1)OCC2. The summed E-state index contributed by atoms with van der Waals surface area (Å²) in [6.45, 7) is 4.43. The highest BCUT2D eigenvalue weighted by Gasteiger charge is 2.25. The number of carbonyl (C=O) groups is 1. The first-order chi connectivity index (χ1) is 21.4. The first kappa shape index (κ1) is 28.9. The highest BCUT2D eigenvalue weighted by atomic mass is 16.5. The summed E-state index contributed by atoms with van der Waals surface area (Å²) in [5, 5.41) is 3.85. The van der Waals surface area contributed by atoms with Crippen molar-refractivity contribution in [3.63, 3.8) is 0 Å². The third-order valence-corrected chi connectivity index (χ3v) is 7.93. The number of unbranched alkanes of at least 4 members (excludes halogenated alkanes) is 1. The van der Waals surface area contributed by atoms with Crippen LogP contribution in [-0.2, 0) is 24.0 Å². The molecule has 0 radical (unpaired) electrons. The summed E-state index contributed by atoms with van der Waals surface area (Å²) in [4.78, 5) is 44.7. The summed E-state index contributed by atoms with van der Waals surface area (Å²) in [6.07, 6.45) is 3.58. The van der Waals surface area contributed by atoms with E-state index in [0.717, 1.165) is 52.0 Å². The molecular formula is C34H32N4O6. The number of aromatic nitrogens is 4. The Balaban J connectivity index is 1.41. The second-order valence-electron chi connectivity index (χ2n) is 10.8. The summed E-state index contributed by atoms with van der Waals surface area (Å²) in [7, 11) is 1.35. The summed E-state index contributed by atoms with van der Waals surface area (Å²) in [5.74, 6) is 0.381. The maximum absolute atomic E-state index is 13.4. The molecule has 2 aromatic heterocycles. The molecule has 0 fully saturated rings. The second-order valence-corrected chi connectivity index (χ2v) is 10.8. The lowest BCUT2D eigenvalue weighted by Gasteiger charge is -2.21. The van der Waals surface area contributed by atoms with Crippen LogP contribution in [0.25, 0.3) is 28.2 Å². The summed E-state index contributed by atoms with van der Waals surface area (Å²) >= 11 is 0. The van der Waals surface area contributed by atoms with Gasteiger partial charge in [-0.15, -0.1) is 0 Å². The van der Waals surface area contributed by atoms with Gasteiger partial charge in [-0.1, -0.05) is 67.0 Å². The Hall–Kier alpha value is -5.25. The first-order valence-corrected chi connectivity index (χ1v) is 14.6. The summed E-state index contributed by atoms with van der Waals surface area (Å²) in [5.41, 5.74) is 6.78. The Morgan fingerprint density at radius 2 is 1.84 bits per heavy atom. The molecule has 0 aliphatic carbocycles. The van der Waals surface area contributed by atoms with E-state index in [2.05, 4.69) is 22.0 Å². The first-order valence-electron chi connectivity index (χ1n) is 14.6. The van der Waals surface area contributed by atoms with Crippen molar-refractivity contribution in [1.29, 1.82) is 0 Å². The predicted octanol–water partition coefficient (Wildman–Crippen LogP) is 5.21. The highest BCUT2D eigenvalue weighted by Crippen LogP contribution is 2.34. The van der Waals surface area contributed by atoms with Crippen LogP contribution in [-0.4, -0.2) is 39.4 Å². The maximum atomic E-state index is 13.4. The van der Waals surface area contributed by atoms with Gasteiger partial charge in [0.2, 0.25) is 0 Å². The number of hydrogen-bond donors (Lipinski definition) is 1. The second kappa shape index (κ2) is 12.2. The van der Waals surface area contributed by atoms with Crippen LogP contribution in [0, 0.1) is 6.92 Å². The topological polar surface area (TPSA) is 129 Å². The van der Waals surface area contributed by atoms with Crippen molar-refractivity contribution >= 4 is 5.97 Å². The Labute approximate surface area is 253 Å². The minimum atomic E-state index is -0.615. The Kier molecular flexibility index (Phi) is 7.97. The molecule has 1 aliphatic rings. The number of aryl methyl sites for hydroxylation is 1. The number of hydrogen-bond acceptors (Lipinski definition) is 8. The van der Waals surface area contributed by atoms with E-state index in [0.29, 0.717) is 54.4 Å². The van der Waals surface area contributed by atoms with Crippen LogP contribution in [0.5, 0.6) is 5.75 Å². The maximum Gasteiger partial charge on any atom is 0.439 e. The van der Waals surface area contributed by atoms with Gasteiger partial charge in [0.15, 0.2) is 5.82 Å². The van der Waals surface area contributed by atoms with E-state index in [4.69, 9.17) is 14.0 Å². The van der Waals surface area contributed by atoms with Crippen molar-refractivity contribution < 1.29 is 18.8 Å². The quantitative estimate of drug-likeness (QED) is 0.231. The van der Waals surface area contributed by atoms with Crippen molar-refractivity contribution in [2.24, 2.45) is 0 Å². The lowest BCUT2D eigenvalue weighted by atomic mass is 9.96. The Bertz CT molecular complexity index is 1970. The fourth-order valence-corrected chi connectivity index (χ4v) is 5.82. The molecule has 3 aromatic carbocycles. The van der Waals surface area contributed by atoms with Gasteiger partial charge < -0.3 is 14.0 Å². The van der Waals surface area contributed by atoms with Gasteiger partial charge in [-0.2, -0.15) is 4.98 Å². The van der Waals surface area contributed by atoms with E-state index in [-0.39, 0.29) is 5.56 Å². The van der Waals surface area contributed by atoms with Crippen molar-refractivity contribution in [3.8, 4) is 34.0 Å². The van der Waals surface area contributed by atoms with Crippen LogP contribution >= 0.6 is 0 Å². The van der Waals surface area contributed by atoms with Gasteiger partial charge in [-0.05, 0) is 48.6 Å². The number of rotatable bonds is 9. The molecule has 10 heteroatoms. The molecule has 0 bridgehead atoms. The van der Waals surface area contributed by atoms with Crippen LogP contribution in [0.4, 0.5) is 0 Å². The molecule has 0 saturated heterocycles. The van der Waals surface area contributed by atoms with Gasteiger partial charge in [0.25, 0.3) is 5.56 Å². The average molecular weight is 593 g/mol. The normalized spacial score (nSPS) is 12.2. The molecule has 0 unspecified atom stereocenters. The van der Waals surface area contributed by atoms with Crippen LogP contribution in [0.1, 0.15) is 58.3 Å². The third kappa shape index (κ3) is 5.46. The third-order valence-electron chi connectivity index (χ3n) is 7.93. The monoisotopic (exact) mass is 592 g/mol. The number of nitrogens with one attached hydrogen (secondary N) is 1. The van der Waals surface area contributed by atoms with Gasteiger partial charge in [0.05, 0.1) is 13.7 Å². The fraction of sp³-hybridized carbons (Fsp3) is 0.265. The number of aromatic amines is 1. The molecule has 1 N–H and O–H groups in total. The van der Waals surface area contributed by atoms with Crippen molar-refractivity contribution in [3.05, 3.63) is 115 Å². The molecule has 10 nitrogen and oxygen atoms in total. The molecule has 6 rings (SSSR count). The summed E-state index contributed by atoms with van der Waals surface area (Å²) in [6, 6.07) is 19.4. The van der Waals surface area contributed by atoms with Crippen LogP contribution in [0.15, 0.2) is 74.8 Å². The van der Waals surface area contributed by atoms with Gasteiger partial charge in [-0.25, -0.2) is 9.59 Å². The Morgan fingerprint density at radius 3 is 2.55 bits per heavy atom. The average Bonchev–Trinajstić information content (AvgIpc) is 3.70. The van der Waals surface area contributed by atoms with E-state index in [1.165, 1.54) is 7.11 Å². The molecule has 5 aromatic rings. The number of fused-ring (bicyclic) bond motifs is 1. The minimum absolute atomic E-state index is 0.257. The number of methoxy groups -OCH3 is 1.